The lowest BCUT2D eigenvalue weighted by atomic mass is 9.83. The van der Waals surface area contributed by atoms with Crippen molar-refractivity contribution in [3.05, 3.63) is 35.9 Å². The highest BCUT2D eigenvalue weighted by Crippen LogP contribution is 2.35. The van der Waals surface area contributed by atoms with Gasteiger partial charge in [-0.05, 0) is 24.8 Å². The fourth-order valence-corrected chi connectivity index (χ4v) is 3.31. The van der Waals surface area contributed by atoms with Crippen LogP contribution in [-0.4, -0.2) is 35.8 Å². The van der Waals surface area contributed by atoms with Crippen LogP contribution < -0.4 is 11.1 Å². The molecule has 1 fully saturated rings. The molecule has 2 rings (SSSR count). The summed E-state index contributed by atoms with van der Waals surface area (Å²) >= 11 is 0. The van der Waals surface area contributed by atoms with Gasteiger partial charge in [0.2, 0.25) is 11.8 Å². The molecule has 1 aromatic rings. The van der Waals surface area contributed by atoms with E-state index in [2.05, 4.69) is 5.32 Å². The molecule has 2 unspecified atom stereocenters. The Bertz CT molecular complexity index is 569. The predicted molar refractivity (Wildman–Crippen MR) is 95.2 cm³/mol. The summed E-state index contributed by atoms with van der Waals surface area (Å²) in [5.41, 5.74) is 6.92. The van der Waals surface area contributed by atoms with Crippen LogP contribution in [0, 0.1) is 5.92 Å². The van der Waals surface area contributed by atoms with Crippen LogP contribution >= 0.6 is 0 Å². The molecule has 2 amide bonds. The van der Waals surface area contributed by atoms with E-state index in [0.29, 0.717) is 19.4 Å². The molecule has 1 heterocycles. The van der Waals surface area contributed by atoms with E-state index in [1.54, 1.807) is 11.9 Å². The number of hydrogen-bond donors (Lipinski definition) is 2. The van der Waals surface area contributed by atoms with Crippen LogP contribution in [0.15, 0.2) is 30.3 Å². The Morgan fingerprint density at radius 1 is 1.29 bits per heavy atom. The molecule has 0 aliphatic carbocycles. The molecular formula is C19H29N3O2. The fraction of sp³-hybridized carbons (Fsp3) is 0.579. The molecule has 2 atom stereocenters. The number of piperidine rings is 1. The molecular weight excluding hydrogens is 302 g/mol. The number of nitrogens with two attached hydrogens (primary N) is 1. The van der Waals surface area contributed by atoms with E-state index >= 15 is 0 Å². The van der Waals surface area contributed by atoms with Gasteiger partial charge >= 0.3 is 0 Å². The Balaban J connectivity index is 2.16. The summed E-state index contributed by atoms with van der Waals surface area (Å²) in [6.45, 7) is 4.54. The lowest BCUT2D eigenvalue weighted by Crippen LogP contribution is -2.52. The van der Waals surface area contributed by atoms with Crippen LogP contribution in [0.25, 0.3) is 0 Å². The van der Waals surface area contributed by atoms with E-state index in [1.807, 2.05) is 44.2 Å². The maximum absolute atomic E-state index is 12.8. The van der Waals surface area contributed by atoms with Gasteiger partial charge in [-0.15, -0.1) is 0 Å². The number of hydrogen-bond acceptors (Lipinski definition) is 3. The van der Waals surface area contributed by atoms with Crippen molar-refractivity contribution in [3.63, 3.8) is 0 Å². The van der Waals surface area contributed by atoms with Gasteiger partial charge in [0.1, 0.15) is 0 Å². The van der Waals surface area contributed by atoms with E-state index in [4.69, 9.17) is 5.73 Å². The highest BCUT2D eigenvalue weighted by molar-refractivity contribution is 5.85. The van der Waals surface area contributed by atoms with Gasteiger partial charge in [-0.1, -0.05) is 44.2 Å². The maximum atomic E-state index is 12.8. The Hall–Kier alpha value is -1.88. The Morgan fingerprint density at radius 3 is 2.50 bits per heavy atom. The molecule has 0 spiro atoms. The summed E-state index contributed by atoms with van der Waals surface area (Å²) in [5, 5.41) is 3.03. The second kappa shape index (κ2) is 7.79. The first-order valence-electron chi connectivity index (χ1n) is 8.79. The Labute approximate surface area is 144 Å². The van der Waals surface area contributed by atoms with Gasteiger partial charge in [-0.25, -0.2) is 0 Å². The fourth-order valence-electron chi connectivity index (χ4n) is 3.31. The summed E-state index contributed by atoms with van der Waals surface area (Å²) in [7, 11) is 1.78. The zero-order valence-electron chi connectivity index (χ0n) is 14.9. The lowest BCUT2D eigenvalue weighted by Gasteiger charge is -2.39. The third-order valence-electron chi connectivity index (χ3n) is 5.36. The van der Waals surface area contributed by atoms with Gasteiger partial charge in [-0.2, -0.15) is 0 Å². The first kappa shape index (κ1) is 18.5. The summed E-state index contributed by atoms with van der Waals surface area (Å²) in [6.07, 6.45) is 2.61. The minimum atomic E-state index is -0.367. The predicted octanol–water partition coefficient (Wildman–Crippen LogP) is 2.23. The van der Waals surface area contributed by atoms with Crippen molar-refractivity contribution >= 4 is 11.8 Å². The molecule has 132 valence electrons. The van der Waals surface area contributed by atoms with E-state index in [1.165, 1.54) is 0 Å². The number of carbonyl (C=O) groups is 2. The molecule has 0 saturated carbocycles. The quantitative estimate of drug-likeness (QED) is 0.839. The summed E-state index contributed by atoms with van der Waals surface area (Å²) in [6, 6.07) is 9.56. The zero-order chi connectivity index (χ0) is 17.7. The largest absolute Gasteiger partial charge is 0.354 e. The average Bonchev–Trinajstić information content (AvgIpc) is 2.62. The van der Waals surface area contributed by atoms with Crippen molar-refractivity contribution < 1.29 is 9.59 Å². The summed E-state index contributed by atoms with van der Waals surface area (Å²) < 4.78 is 0. The molecule has 1 aliphatic rings. The van der Waals surface area contributed by atoms with Crippen molar-refractivity contribution in [1.29, 1.82) is 0 Å². The van der Waals surface area contributed by atoms with E-state index in [-0.39, 0.29) is 29.3 Å². The van der Waals surface area contributed by atoms with Gasteiger partial charge in [0.15, 0.2) is 0 Å². The standard InChI is InChI=1S/C19H29N3O2/c1-4-19(20,5-2)13-21-18(24)15-11-12-16(23)22(3)17(15)14-9-7-6-8-10-14/h6-10,15,17H,4-5,11-13,20H2,1-3H3,(H,21,24). The minimum absolute atomic E-state index is 0.0140. The maximum Gasteiger partial charge on any atom is 0.225 e. The van der Waals surface area contributed by atoms with Crippen LogP contribution in [0.3, 0.4) is 0 Å². The molecule has 1 aromatic carbocycles. The monoisotopic (exact) mass is 331 g/mol. The van der Waals surface area contributed by atoms with Gasteiger partial charge in [-0.3, -0.25) is 9.59 Å². The molecule has 1 aliphatic heterocycles. The second-order valence-electron chi connectivity index (χ2n) is 6.79. The van der Waals surface area contributed by atoms with E-state index < -0.39 is 0 Å². The molecule has 0 radical (unpaired) electrons. The number of likely N-dealkylation sites (tertiary alicyclic amines) is 1. The van der Waals surface area contributed by atoms with Crippen molar-refractivity contribution in [3.8, 4) is 0 Å². The number of rotatable bonds is 6. The molecule has 5 heteroatoms. The van der Waals surface area contributed by atoms with Crippen molar-refractivity contribution in [2.75, 3.05) is 13.6 Å². The normalized spacial score (nSPS) is 21.7. The van der Waals surface area contributed by atoms with Gasteiger partial charge in [0.25, 0.3) is 0 Å². The number of nitrogens with one attached hydrogen (secondary N) is 1. The number of nitrogens with zero attached hydrogens (tertiary/aromatic N) is 1. The lowest BCUT2D eigenvalue weighted by molar-refractivity contribution is -0.141. The number of benzene rings is 1. The summed E-state index contributed by atoms with van der Waals surface area (Å²) in [5.74, 6) is -0.170. The number of carbonyl (C=O) groups excluding carboxylic acids is 2. The topological polar surface area (TPSA) is 75.4 Å². The van der Waals surface area contributed by atoms with E-state index in [0.717, 1.165) is 18.4 Å². The smallest absolute Gasteiger partial charge is 0.225 e. The highest BCUT2D eigenvalue weighted by Gasteiger charge is 2.39. The molecule has 1 saturated heterocycles. The van der Waals surface area contributed by atoms with E-state index in [9.17, 15) is 9.59 Å². The third-order valence-corrected chi connectivity index (χ3v) is 5.36. The highest BCUT2D eigenvalue weighted by atomic mass is 16.2. The van der Waals surface area contributed by atoms with Crippen LogP contribution in [0.2, 0.25) is 0 Å². The first-order valence-corrected chi connectivity index (χ1v) is 8.79. The van der Waals surface area contributed by atoms with Gasteiger partial charge in [0.05, 0.1) is 12.0 Å². The second-order valence-corrected chi connectivity index (χ2v) is 6.79. The molecule has 24 heavy (non-hydrogen) atoms. The van der Waals surface area contributed by atoms with Crippen molar-refractivity contribution in [2.45, 2.75) is 51.1 Å². The Kier molecular flexibility index (Phi) is 5.99. The molecule has 5 nitrogen and oxygen atoms in total. The molecule has 3 N–H and O–H groups in total. The average molecular weight is 331 g/mol. The van der Waals surface area contributed by atoms with Gasteiger partial charge in [0, 0.05) is 25.6 Å². The first-order chi connectivity index (χ1) is 11.4. The van der Waals surface area contributed by atoms with Crippen molar-refractivity contribution in [2.24, 2.45) is 11.7 Å². The Morgan fingerprint density at radius 2 is 1.92 bits per heavy atom. The van der Waals surface area contributed by atoms with Crippen LogP contribution in [0.1, 0.15) is 51.1 Å². The molecule has 0 bridgehead atoms. The van der Waals surface area contributed by atoms with Crippen LogP contribution in [-0.2, 0) is 9.59 Å². The van der Waals surface area contributed by atoms with Gasteiger partial charge < -0.3 is 16.0 Å². The molecule has 0 aromatic heterocycles. The zero-order valence-corrected chi connectivity index (χ0v) is 14.9. The van der Waals surface area contributed by atoms with Crippen LogP contribution in [0.4, 0.5) is 0 Å². The summed E-state index contributed by atoms with van der Waals surface area (Å²) in [4.78, 5) is 26.6. The SMILES string of the molecule is CCC(N)(CC)CNC(=O)C1CCC(=O)N(C)C1c1ccccc1. The minimum Gasteiger partial charge on any atom is -0.354 e. The van der Waals surface area contributed by atoms with Crippen LogP contribution in [0.5, 0.6) is 0 Å². The van der Waals surface area contributed by atoms with Crippen molar-refractivity contribution in [1.82, 2.24) is 10.2 Å². The third kappa shape index (κ3) is 3.96. The number of amides is 2.